The number of anilines is 1. The number of hydrogen-bond donors (Lipinski definition) is 1. The number of rotatable bonds is 4. The van der Waals surface area contributed by atoms with E-state index in [1.807, 2.05) is 0 Å². The van der Waals surface area contributed by atoms with Gasteiger partial charge in [-0.15, -0.1) is 0 Å². The number of aryl methyl sites for hydroxylation is 1. The Bertz CT molecular complexity index is 633. The van der Waals surface area contributed by atoms with Gasteiger partial charge in [0, 0.05) is 24.7 Å². The Balaban J connectivity index is 1.88. The lowest BCUT2D eigenvalue weighted by molar-refractivity contribution is 0.643. The molecule has 1 heterocycles. The maximum absolute atomic E-state index is 5.79. The Hall–Kier alpha value is -1.80. The molecule has 110 valence electrons. The second-order valence-electron chi connectivity index (χ2n) is 6.07. The van der Waals surface area contributed by atoms with Crippen molar-refractivity contribution >= 4 is 5.69 Å². The highest BCUT2D eigenvalue weighted by Crippen LogP contribution is 2.38. The molecule has 0 amide bonds. The smallest absolute Gasteiger partial charge is 0.0432 e. The molecule has 1 aliphatic rings. The molecule has 0 fully saturated rings. The van der Waals surface area contributed by atoms with Crippen molar-refractivity contribution in [2.45, 2.75) is 32.7 Å². The van der Waals surface area contributed by atoms with Crippen molar-refractivity contribution in [3.8, 4) is 0 Å². The summed E-state index contributed by atoms with van der Waals surface area (Å²) in [5.74, 6) is 0.580. The molecule has 0 aromatic heterocycles. The van der Waals surface area contributed by atoms with Crippen molar-refractivity contribution in [1.82, 2.24) is 0 Å². The summed E-state index contributed by atoms with van der Waals surface area (Å²) >= 11 is 0. The quantitative estimate of drug-likeness (QED) is 0.924. The van der Waals surface area contributed by atoms with E-state index >= 15 is 0 Å². The highest BCUT2D eigenvalue weighted by atomic mass is 15.2. The van der Waals surface area contributed by atoms with Crippen LogP contribution in [0.2, 0.25) is 0 Å². The predicted molar refractivity (Wildman–Crippen MR) is 89.8 cm³/mol. The molecule has 2 heteroatoms. The van der Waals surface area contributed by atoms with Gasteiger partial charge in [0.15, 0.2) is 0 Å². The van der Waals surface area contributed by atoms with Gasteiger partial charge in [-0.2, -0.15) is 0 Å². The third-order valence-electron chi connectivity index (χ3n) is 4.75. The Morgan fingerprint density at radius 1 is 1.10 bits per heavy atom. The topological polar surface area (TPSA) is 29.3 Å². The average Bonchev–Trinajstić information content (AvgIpc) is 2.83. The zero-order chi connectivity index (χ0) is 14.8. The van der Waals surface area contributed by atoms with Crippen molar-refractivity contribution in [2.75, 3.05) is 18.0 Å². The zero-order valence-electron chi connectivity index (χ0n) is 13.0. The van der Waals surface area contributed by atoms with Gasteiger partial charge >= 0.3 is 0 Å². The third kappa shape index (κ3) is 2.68. The summed E-state index contributed by atoms with van der Waals surface area (Å²) in [6, 6.07) is 15.4. The molecule has 1 unspecified atom stereocenters. The fraction of sp³-hybridized carbons (Fsp3) is 0.368. The molecule has 21 heavy (non-hydrogen) atoms. The second kappa shape index (κ2) is 5.90. The molecule has 1 atom stereocenters. The van der Waals surface area contributed by atoms with Crippen LogP contribution in [-0.2, 0) is 6.54 Å². The van der Waals surface area contributed by atoms with E-state index < -0.39 is 0 Å². The van der Waals surface area contributed by atoms with Gasteiger partial charge in [-0.3, -0.25) is 0 Å². The van der Waals surface area contributed by atoms with E-state index in [2.05, 4.69) is 61.2 Å². The van der Waals surface area contributed by atoms with Gasteiger partial charge in [0.1, 0.15) is 0 Å². The van der Waals surface area contributed by atoms with E-state index in [1.165, 1.54) is 27.9 Å². The summed E-state index contributed by atoms with van der Waals surface area (Å²) < 4.78 is 0. The lowest BCUT2D eigenvalue weighted by Crippen LogP contribution is -2.22. The first-order valence-electron chi connectivity index (χ1n) is 7.79. The van der Waals surface area contributed by atoms with Crippen LogP contribution in [-0.4, -0.2) is 13.1 Å². The van der Waals surface area contributed by atoms with Gasteiger partial charge in [0.2, 0.25) is 0 Å². The number of benzene rings is 2. The average molecular weight is 280 g/mol. The second-order valence-corrected chi connectivity index (χ2v) is 6.07. The van der Waals surface area contributed by atoms with Gasteiger partial charge in [0.25, 0.3) is 0 Å². The van der Waals surface area contributed by atoms with Crippen LogP contribution in [0, 0.1) is 13.8 Å². The van der Waals surface area contributed by atoms with E-state index in [4.69, 9.17) is 5.73 Å². The lowest BCUT2D eigenvalue weighted by atomic mass is 9.98. The van der Waals surface area contributed by atoms with Crippen LogP contribution in [0.1, 0.15) is 34.6 Å². The first kappa shape index (κ1) is 14.2. The van der Waals surface area contributed by atoms with E-state index in [0.29, 0.717) is 5.92 Å². The van der Waals surface area contributed by atoms with Crippen LogP contribution >= 0.6 is 0 Å². The summed E-state index contributed by atoms with van der Waals surface area (Å²) in [6.45, 7) is 7.25. The number of nitrogens with zero attached hydrogens (tertiary/aromatic N) is 1. The summed E-state index contributed by atoms with van der Waals surface area (Å²) in [7, 11) is 0. The highest BCUT2D eigenvalue weighted by molar-refractivity contribution is 5.60. The maximum atomic E-state index is 5.79. The fourth-order valence-corrected chi connectivity index (χ4v) is 3.37. The highest BCUT2D eigenvalue weighted by Gasteiger charge is 2.27. The van der Waals surface area contributed by atoms with Crippen molar-refractivity contribution in [3.63, 3.8) is 0 Å². The Morgan fingerprint density at radius 2 is 1.90 bits per heavy atom. The summed E-state index contributed by atoms with van der Waals surface area (Å²) in [4.78, 5) is 2.51. The zero-order valence-corrected chi connectivity index (χ0v) is 13.0. The Morgan fingerprint density at radius 3 is 2.71 bits per heavy atom. The van der Waals surface area contributed by atoms with Crippen LogP contribution in [0.5, 0.6) is 0 Å². The molecule has 0 radical (unpaired) electrons. The standard InChI is InChI=1S/C19H24N2/c1-14-6-5-7-16(15(14)2)12-21-13-17(10-11-20)18-8-3-4-9-19(18)21/h3-9,17H,10-13,20H2,1-2H3. The summed E-state index contributed by atoms with van der Waals surface area (Å²) in [5.41, 5.74) is 12.9. The van der Waals surface area contributed by atoms with Crippen LogP contribution in [0.15, 0.2) is 42.5 Å². The van der Waals surface area contributed by atoms with E-state index in [-0.39, 0.29) is 0 Å². The summed E-state index contributed by atoms with van der Waals surface area (Å²) in [6.07, 6.45) is 1.07. The van der Waals surface area contributed by atoms with Crippen molar-refractivity contribution < 1.29 is 0 Å². The Kier molecular flexibility index (Phi) is 3.98. The van der Waals surface area contributed by atoms with E-state index in [9.17, 15) is 0 Å². The number of hydrogen-bond acceptors (Lipinski definition) is 2. The Labute approximate surface area is 127 Å². The number of nitrogens with two attached hydrogens (primary N) is 1. The molecule has 1 aliphatic heterocycles. The summed E-state index contributed by atoms with van der Waals surface area (Å²) in [5, 5.41) is 0. The molecule has 2 aromatic rings. The molecule has 2 N–H and O–H groups in total. The molecular weight excluding hydrogens is 256 g/mol. The van der Waals surface area contributed by atoms with Crippen molar-refractivity contribution in [2.24, 2.45) is 5.73 Å². The van der Waals surface area contributed by atoms with Crippen molar-refractivity contribution in [3.05, 3.63) is 64.7 Å². The minimum Gasteiger partial charge on any atom is -0.366 e. The fourth-order valence-electron chi connectivity index (χ4n) is 3.37. The minimum atomic E-state index is 0.580. The molecule has 3 rings (SSSR count). The molecule has 0 spiro atoms. The van der Waals surface area contributed by atoms with Gasteiger partial charge in [0.05, 0.1) is 0 Å². The molecule has 2 aromatic carbocycles. The normalized spacial score (nSPS) is 17.1. The van der Waals surface area contributed by atoms with Crippen LogP contribution in [0.4, 0.5) is 5.69 Å². The molecule has 0 saturated carbocycles. The van der Waals surface area contributed by atoms with E-state index in [0.717, 1.165) is 26.1 Å². The van der Waals surface area contributed by atoms with Crippen LogP contribution in [0.3, 0.4) is 0 Å². The number of para-hydroxylation sites is 1. The van der Waals surface area contributed by atoms with Gasteiger partial charge in [-0.1, -0.05) is 36.4 Å². The maximum Gasteiger partial charge on any atom is 0.0432 e. The molecule has 0 bridgehead atoms. The largest absolute Gasteiger partial charge is 0.366 e. The predicted octanol–water partition coefficient (Wildman–Crippen LogP) is 3.76. The van der Waals surface area contributed by atoms with Gasteiger partial charge in [-0.05, 0) is 55.1 Å². The number of fused-ring (bicyclic) bond motifs is 1. The van der Waals surface area contributed by atoms with Crippen molar-refractivity contribution in [1.29, 1.82) is 0 Å². The minimum absolute atomic E-state index is 0.580. The monoisotopic (exact) mass is 280 g/mol. The van der Waals surface area contributed by atoms with Crippen LogP contribution < -0.4 is 10.6 Å². The molecule has 0 saturated heterocycles. The lowest BCUT2D eigenvalue weighted by Gasteiger charge is -2.22. The first-order chi connectivity index (χ1) is 10.2. The molecular formula is C19H24N2. The van der Waals surface area contributed by atoms with E-state index in [1.54, 1.807) is 0 Å². The van der Waals surface area contributed by atoms with Gasteiger partial charge in [-0.25, -0.2) is 0 Å². The SMILES string of the molecule is Cc1cccc(CN2CC(CCN)c3ccccc32)c1C. The molecule has 2 nitrogen and oxygen atoms in total. The first-order valence-corrected chi connectivity index (χ1v) is 7.79. The third-order valence-corrected chi connectivity index (χ3v) is 4.75. The van der Waals surface area contributed by atoms with Gasteiger partial charge < -0.3 is 10.6 Å². The van der Waals surface area contributed by atoms with Crippen LogP contribution in [0.25, 0.3) is 0 Å². The molecule has 0 aliphatic carbocycles.